The molecule has 0 unspecified atom stereocenters. The summed E-state index contributed by atoms with van der Waals surface area (Å²) in [5.74, 6) is 0.804. The number of carbonyl (C=O) groups is 1. The molecule has 30 heavy (non-hydrogen) atoms. The van der Waals surface area contributed by atoms with Gasteiger partial charge in [-0.2, -0.15) is 0 Å². The SMILES string of the molecule is CCc1ccc(NC(=O)[C@@H](C)Sc2nnc(Cc3ccccc3)n2CCOC)cc1. The Balaban J connectivity index is 1.69. The molecule has 0 aliphatic carbocycles. The van der Waals surface area contributed by atoms with Crippen molar-refractivity contribution in [3.63, 3.8) is 0 Å². The number of methoxy groups -OCH3 is 1. The molecule has 1 N–H and O–H groups in total. The van der Waals surface area contributed by atoms with Gasteiger partial charge in [-0.05, 0) is 36.6 Å². The summed E-state index contributed by atoms with van der Waals surface area (Å²) < 4.78 is 7.30. The van der Waals surface area contributed by atoms with Crippen LogP contribution in [0.5, 0.6) is 0 Å². The molecule has 2 aromatic carbocycles. The fourth-order valence-corrected chi connectivity index (χ4v) is 3.90. The maximum atomic E-state index is 12.7. The number of amides is 1. The van der Waals surface area contributed by atoms with Crippen LogP contribution in [0.2, 0.25) is 0 Å². The molecule has 6 nitrogen and oxygen atoms in total. The van der Waals surface area contributed by atoms with E-state index in [0.29, 0.717) is 19.6 Å². The Morgan fingerprint density at radius 3 is 2.50 bits per heavy atom. The van der Waals surface area contributed by atoms with Gasteiger partial charge in [-0.15, -0.1) is 10.2 Å². The summed E-state index contributed by atoms with van der Waals surface area (Å²) in [6.07, 6.45) is 1.66. The Morgan fingerprint density at radius 1 is 1.10 bits per heavy atom. The summed E-state index contributed by atoms with van der Waals surface area (Å²) in [5, 5.41) is 12.1. The molecule has 0 fully saturated rings. The van der Waals surface area contributed by atoms with Crippen molar-refractivity contribution >= 4 is 23.4 Å². The topological polar surface area (TPSA) is 69.0 Å². The Bertz CT molecular complexity index is 942. The third-order valence-electron chi connectivity index (χ3n) is 4.80. The zero-order chi connectivity index (χ0) is 21.3. The monoisotopic (exact) mass is 424 g/mol. The number of aryl methyl sites for hydroxylation is 1. The minimum atomic E-state index is -0.314. The predicted octanol–water partition coefficient (Wildman–Crippen LogP) is 4.20. The highest BCUT2D eigenvalue weighted by atomic mass is 32.2. The van der Waals surface area contributed by atoms with E-state index in [1.807, 2.05) is 54.0 Å². The highest BCUT2D eigenvalue weighted by molar-refractivity contribution is 8.00. The lowest BCUT2D eigenvalue weighted by Gasteiger charge is -2.14. The van der Waals surface area contributed by atoms with Gasteiger partial charge in [-0.1, -0.05) is 61.2 Å². The van der Waals surface area contributed by atoms with E-state index in [1.165, 1.54) is 22.9 Å². The number of thioether (sulfide) groups is 1. The van der Waals surface area contributed by atoms with Crippen molar-refractivity contribution < 1.29 is 9.53 Å². The van der Waals surface area contributed by atoms with Crippen molar-refractivity contribution in [3.8, 4) is 0 Å². The molecule has 1 amide bonds. The third-order valence-corrected chi connectivity index (χ3v) is 5.88. The first-order chi connectivity index (χ1) is 14.6. The van der Waals surface area contributed by atoms with Crippen LogP contribution in [0.3, 0.4) is 0 Å². The fourth-order valence-electron chi connectivity index (χ4n) is 3.00. The molecule has 158 valence electrons. The van der Waals surface area contributed by atoms with Crippen molar-refractivity contribution in [2.45, 2.75) is 43.6 Å². The second-order valence-electron chi connectivity index (χ2n) is 7.01. The molecule has 0 radical (unpaired) electrons. The summed E-state index contributed by atoms with van der Waals surface area (Å²) in [6.45, 7) is 5.18. The smallest absolute Gasteiger partial charge is 0.237 e. The second kappa shape index (κ2) is 10.9. The van der Waals surface area contributed by atoms with Crippen LogP contribution in [0.15, 0.2) is 59.8 Å². The highest BCUT2D eigenvalue weighted by Crippen LogP contribution is 2.24. The number of ether oxygens (including phenoxy) is 1. The summed E-state index contributed by atoms with van der Waals surface area (Å²) in [6, 6.07) is 18.1. The molecule has 0 aliphatic heterocycles. The van der Waals surface area contributed by atoms with Crippen LogP contribution in [0, 0.1) is 0 Å². The second-order valence-corrected chi connectivity index (χ2v) is 8.31. The summed E-state index contributed by atoms with van der Waals surface area (Å²) in [5.41, 5.74) is 3.21. The first-order valence-corrected chi connectivity index (χ1v) is 11.0. The Kier molecular flexibility index (Phi) is 8.04. The molecular formula is C23H28N4O2S. The first-order valence-electron chi connectivity index (χ1n) is 10.1. The van der Waals surface area contributed by atoms with Crippen molar-refractivity contribution in [1.29, 1.82) is 0 Å². The molecule has 0 aliphatic rings. The molecule has 0 saturated heterocycles. The standard InChI is InChI=1S/C23H28N4O2S/c1-4-18-10-12-20(13-11-18)24-22(28)17(2)30-23-26-25-21(27(23)14-15-29-3)16-19-8-6-5-7-9-19/h5-13,17H,4,14-16H2,1-3H3,(H,24,28)/t17-/m1/s1. The number of hydrogen-bond acceptors (Lipinski definition) is 5. The van der Waals surface area contributed by atoms with Crippen LogP contribution in [0.4, 0.5) is 5.69 Å². The lowest BCUT2D eigenvalue weighted by atomic mass is 10.1. The van der Waals surface area contributed by atoms with Gasteiger partial charge in [0.05, 0.1) is 11.9 Å². The summed E-state index contributed by atoms with van der Waals surface area (Å²) in [7, 11) is 1.67. The van der Waals surface area contributed by atoms with Crippen LogP contribution in [0.25, 0.3) is 0 Å². The lowest BCUT2D eigenvalue weighted by molar-refractivity contribution is -0.115. The van der Waals surface area contributed by atoms with Crippen molar-refractivity contribution in [2.75, 3.05) is 19.0 Å². The molecule has 1 aromatic heterocycles. The van der Waals surface area contributed by atoms with Gasteiger partial charge in [0.2, 0.25) is 5.91 Å². The van der Waals surface area contributed by atoms with Gasteiger partial charge in [0.25, 0.3) is 0 Å². The van der Waals surface area contributed by atoms with E-state index in [4.69, 9.17) is 4.74 Å². The molecule has 1 heterocycles. The molecular weight excluding hydrogens is 396 g/mol. The van der Waals surface area contributed by atoms with E-state index < -0.39 is 0 Å². The Hall–Kier alpha value is -2.64. The zero-order valence-corrected chi connectivity index (χ0v) is 18.5. The van der Waals surface area contributed by atoms with Crippen LogP contribution in [-0.2, 0) is 28.9 Å². The highest BCUT2D eigenvalue weighted by Gasteiger charge is 2.20. The van der Waals surface area contributed by atoms with Crippen molar-refractivity contribution in [3.05, 3.63) is 71.5 Å². The number of nitrogens with one attached hydrogen (secondary N) is 1. The fraction of sp³-hybridized carbons (Fsp3) is 0.348. The summed E-state index contributed by atoms with van der Waals surface area (Å²) >= 11 is 1.41. The van der Waals surface area contributed by atoms with Gasteiger partial charge in [0.1, 0.15) is 5.82 Å². The average molecular weight is 425 g/mol. The van der Waals surface area contributed by atoms with Crippen molar-refractivity contribution in [2.24, 2.45) is 0 Å². The molecule has 1 atom stereocenters. The number of benzene rings is 2. The Labute approximate surface area is 182 Å². The van der Waals surface area contributed by atoms with E-state index in [1.54, 1.807) is 7.11 Å². The molecule has 3 rings (SSSR count). The van der Waals surface area contributed by atoms with E-state index in [2.05, 4.69) is 34.6 Å². The van der Waals surface area contributed by atoms with Crippen LogP contribution in [-0.4, -0.2) is 39.6 Å². The van der Waals surface area contributed by atoms with Gasteiger partial charge < -0.3 is 14.6 Å². The van der Waals surface area contributed by atoms with Crippen LogP contribution in [0.1, 0.15) is 30.8 Å². The number of rotatable bonds is 10. The number of carbonyl (C=O) groups excluding carboxylic acids is 1. The molecule has 3 aromatic rings. The third kappa shape index (κ3) is 5.93. The lowest BCUT2D eigenvalue weighted by Crippen LogP contribution is -2.23. The van der Waals surface area contributed by atoms with Gasteiger partial charge in [-0.25, -0.2) is 0 Å². The molecule has 0 saturated carbocycles. The predicted molar refractivity (Wildman–Crippen MR) is 121 cm³/mol. The zero-order valence-electron chi connectivity index (χ0n) is 17.7. The molecule has 0 spiro atoms. The first kappa shape index (κ1) is 22.1. The quantitative estimate of drug-likeness (QED) is 0.494. The minimum absolute atomic E-state index is 0.0600. The normalized spacial score (nSPS) is 12.0. The van der Waals surface area contributed by atoms with E-state index >= 15 is 0 Å². The number of aromatic nitrogens is 3. The maximum Gasteiger partial charge on any atom is 0.237 e. The van der Waals surface area contributed by atoms with E-state index in [9.17, 15) is 4.79 Å². The van der Waals surface area contributed by atoms with Gasteiger partial charge in [-0.3, -0.25) is 4.79 Å². The Morgan fingerprint density at radius 2 is 1.83 bits per heavy atom. The van der Waals surface area contributed by atoms with E-state index in [-0.39, 0.29) is 11.2 Å². The van der Waals surface area contributed by atoms with E-state index in [0.717, 1.165) is 23.1 Å². The van der Waals surface area contributed by atoms with Crippen LogP contribution >= 0.6 is 11.8 Å². The van der Waals surface area contributed by atoms with Gasteiger partial charge >= 0.3 is 0 Å². The largest absolute Gasteiger partial charge is 0.383 e. The number of anilines is 1. The number of nitrogens with zero attached hydrogens (tertiary/aromatic N) is 3. The number of hydrogen-bond donors (Lipinski definition) is 1. The van der Waals surface area contributed by atoms with Crippen LogP contribution < -0.4 is 5.32 Å². The molecule has 0 bridgehead atoms. The minimum Gasteiger partial charge on any atom is -0.383 e. The maximum absolute atomic E-state index is 12.7. The summed E-state index contributed by atoms with van der Waals surface area (Å²) in [4.78, 5) is 12.7. The average Bonchev–Trinajstić information content (AvgIpc) is 3.14. The van der Waals surface area contributed by atoms with Gasteiger partial charge in [0, 0.05) is 25.8 Å². The van der Waals surface area contributed by atoms with Crippen molar-refractivity contribution in [1.82, 2.24) is 14.8 Å². The van der Waals surface area contributed by atoms with Gasteiger partial charge in [0.15, 0.2) is 5.16 Å². The molecule has 7 heteroatoms.